The summed E-state index contributed by atoms with van der Waals surface area (Å²) in [5, 5.41) is 9.92. The van der Waals surface area contributed by atoms with Gasteiger partial charge in [-0.2, -0.15) is 0 Å². The van der Waals surface area contributed by atoms with Gasteiger partial charge < -0.3 is 14.6 Å². The van der Waals surface area contributed by atoms with E-state index < -0.39 is 6.10 Å². The van der Waals surface area contributed by atoms with Gasteiger partial charge in [0.05, 0.1) is 0 Å². The molecule has 1 N–H and O–H groups in total. The minimum absolute atomic E-state index is 0.110. The molecule has 0 aromatic heterocycles. The minimum Gasteiger partial charge on any atom is -0.463 e. The molecule has 0 aliphatic carbocycles. The molecule has 0 amide bonds. The molecule has 5 nitrogen and oxygen atoms in total. The van der Waals surface area contributed by atoms with Crippen LogP contribution in [-0.4, -0.2) is 36.4 Å². The van der Waals surface area contributed by atoms with E-state index in [4.69, 9.17) is 9.47 Å². The number of rotatable bonds is 28. The largest absolute Gasteiger partial charge is 0.463 e. The number of aliphatic hydroxyl groups is 1. The average molecular weight is 527 g/mol. The SMILES string of the molecule is CCCCCCCCCCCCCCCC(=O)OC[C@H](O)COC(=O)CCCCCCCCCC(C)C. The van der Waals surface area contributed by atoms with Crippen molar-refractivity contribution < 1.29 is 24.2 Å². The first-order valence-corrected chi connectivity index (χ1v) is 15.9. The van der Waals surface area contributed by atoms with E-state index in [2.05, 4.69) is 20.8 Å². The van der Waals surface area contributed by atoms with E-state index in [9.17, 15) is 14.7 Å². The maximum absolute atomic E-state index is 11.9. The van der Waals surface area contributed by atoms with Gasteiger partial charge in [0.15, 0.2) is 0 Å². The third kappa shape index (κ3) is 29.3. The van der Waals surface area contributed by atoms with Crippen molar-refractivity contribution in [2.45, 2.75) is 175 Å². The molecular weight excluding hydrogens is 464 g/mol. The fraction of sp³-hybridized carbons (Fsp3) is 0.938. The maximum atomic E-state index is 11.9. The zero-order chi connectivity index (χ0) is 27.4. The molecule has 0 aliphatic heterocycles. The second-order valence-corrected chi connectivity index (χ2v) is 11.4. The topological polar surface area (TPSA) is 72.8 Å². The second-order valence-electron chi connectivity index (χ2n) is 11.4. The van der Waals surface area contributed by atoms with Crippen LogP contribution in [0.3, 0.4) is 0 Å². The van der Waals surface area contributed by atoms with Crippen LogP contribution in [0.15, 0.2) is 0 Å². The summed E-state index contributed by atoms with van der Waals surface area (Å²) in [6.07, 6.45) is 25.8. The lowest BCUT2D eigenvalue weighted by Gasteiger charge is -2.12. The molecule has 0 bridgehead atoms. The van der Waals surface area contributed by atoms with Gasteiger partial charge in [-0.15, -0.1) is 0 Å². The van der Waals surface area contributed by atoms with Gasteiger partial charge in [-0.25, -0.2) is 0 Å². The predicted molar refractivity (Wildman–Crippen MR) is 155 cm³/mol. The lowest BCUT2D eigenvalue weighted by Crippen LogP contribution is -2.25. The number of carbonyl (C=O) groups is 2. The van der Waals surface area contributed by atoms with Crippen LogP contribution in [0.4, 0.5) is 0 Å². The van der Waals surface area contributed by atoms with Crippen molar-refractivity contribution in [1.82, 2.24) is 0 Å². The zero-order valence-corrected chi connectivity index (χ0v) is 24.9. The summed E-state index contributed by atoms with van der Waals surface area (Å²) in [6.45, 7) is 6.58. The first-order valence-electron chi connectivity index (χ1n) is 15.9. The molecule has 0 spiro atoms. The van der Waals surface area contributed by atoms with Crippen molar-refractivity contribution in [3.8, 4) is 0 Å². The highest BCUT2D eigenvalue weighted by molar-refractivity contribution is 5.69. The fourth-order valence-electron chi connectivity index (χ4n) is 4.56. The summed E-state index contributed by atoms with van der Waals surface area (Å²) < 4.78 is 10.2. The van der Waals surface area contributed by atoms with Gasteiger partial charge in [0.25, 0.3) is 0 Å². The molecule has 0 unspecified atom stereocenters. The van der Waals surface area contributed by atoms with Crippen LogP contribution in [0.1, 0.15) is 168 Å². The average Bonchev–Trinajstić information content (AvgIpc) is 2.87. The Morgan fingerprint density at radius 2 is 0.865 bits per heavy atom. The van der Waals surface area contributed by atoms with Crippen LogP contribution in [0.5, 0.6) is 0 Å². The Morgan fingerprint density at radius 3 is 1.22 bits per heavy atom. The molecule has 0 aromatic carbocycles. The maximum Gasteiger partial charge on any atom is 0.305 e. The van der Waals surface area contributed by atoms with Crippen molar-refractivity contribution in [3.63, 3.8) is 0 Å². The van der Waals surface area contributed by atoms with Crippen molar-refractivity contribution in [2.75, 3.05) is 13.2 Å². The highest BCUT2D eigenvalue weighted by Crippen LogP contribution is 2.14. The van der Waals surface area contributed by atoms with Crippen LogP contribution in [0.2, 0.25) is 0 Å². The Morgan fingerprint density at radius 1 is 0.541 bits per heavy atom. The summed E-state index contributed by atoms with van der Waals surface area (Å²) in [4.78, 5) is 23.7. The molecule has 0 saturated carbocycles. The number of hydrogen-bond acceptors (Lipinski definition) is 5. The highest BCUT2D eigenvalue weighted by Gasteiger charge is 2.12. The number of hydrogen-bond donors (Lipinski definition) is 1. The molecule has 5 heteroatoms. The molecule has 0 radical (unpaired) electrons. The normalized spacial score (nSPS) is 12.1. The molecule has 0 aliphatic rings. The van der Waals surface area contributed by atoms with Gasteiger partial charge in [0.2, 0.25) is 0 Å². The molecule has 0 heterocycles. The number of esters is 2. The predicted octanol–water partition coefficient (Wildman–Crippen LogP) is 9.08. The molecular formula is C32H62O5. The van der Waals surface area contributed by atoms with E-state index in [0.29, 0.717) is 12.8 Å². The molecule has 1 atom stereocenters. The first-order chi connectivity index (χ1) is 18.0. The monoisotopic (exact) mass is 526 g/mol. The Bertz CT molecular complexity index is 505. The third-order valence-electron chi connectivity index (χ3n) is 7.02. The summed E-state index contributed by atoms with van der Waals surface area (Å²) in [7, 11) is 0. The van der Waals surface area contributed by atoms with Crippen molar-refractivity contribution in [3.05, 3.63) is 0 Å². The molecule has 220 valence electrons. The van der Waals surface area contributed by atoms with Crippen molar-refractivity contribution >= 4 is 11.9 Å². The van der Waals surface area contributed by atoms with Gasteiger partial charge in [-0.05, 0) is 18.8 Å². The molecule has 0 rings (SSSR count). The number of aliphatic hydroxyl groups excluding tert-OH is 1. The Hall–Kier alpha value is -1.10. The van der Waals surface area contributed by atoms with Crippen LogP contribution in [0.25, 0.3) is 0 Å². The van der Waals surface area contributed by atoms with Gasteiger partial charge in [0, 0.05) is 12.8 Å². The van der Waals surface area contributed by atoms with Crippen molar-refractivity contribution in [2.24, 2.45) is 5.92 Å². The number of ether oxygens (including phenoxy) is 2. The van der Waals surface area contributed by atoms with Crippen LogP contribution in [0, 0.1) is 5.92 Å². The van der Waals surface area contributed by atoms with Gasteiger partial charge in [-0.3, -0.25) is 9.59 Å². The molecule has 0 fully saturated rings. The highest BCUT2D eigenvalue weighted by atomic mass is 16.6. The first kappa shape index (κ1) is 35.9. The van der Waals surface area contributed by atoms with E-state index in [-0.39, 0.29) is 25.2 Å². The standard InChI is InChI=1S/C32H62O5/c1-4-5-6-7-8-9-10-11-12-13-16-19-22-25-31(34)36-27-30(33)28-37-32(35)26-23-20-17-14-15-18-21-24-29(2)3/h29-30,33H,4-28H2,1-3H3/t30-/m0/s1. The Balaban J connectivity index is 3.42. The van der Waals surface area contributed by atoms with Gasteiger partial charge in [0.1, 0.15) is 19.3 Å². The number of unbranched alkanes of at least 4 members (excludes halogenated alkanes) is 18. The van der Waals surface area contributed by atoms with Crippen LogP contribution >= 0.6 is 0 Å². The molecule has 0 saturated heterocycles. The minimum atomic E-state index is -0.953. The van der Waals surface area contributed by atoms with E-state index in [0.717, 1.165) is 38.0 Å². The number of carbonyl (C=O) groups excluding carboxylic acids is 2. The van der Waals surface area contributed by atoms with Gasteiger partial charge in [-0.1, -0.05) is 143 Å². The summed E-state index contributed by atoms with van der Waals surface area (Å²) in [5.74, 6) is 0.234. The third-order valence-corrected chi connectivity index (χ3v) is 7.02. The fourth-order valence-corrected chi connectivity index (χ4v) is 4.56. The van der Waals surface area contributed by atoms with Crippen LogP contribution < -0.4 is 0 Å². The zero-order valence-electron chi connectivity index (χ0n) is 24.9. The molecule has 37 heavy (non-hydrogen) atoms. The quantitative estimate of drug-likeness (QED) is 0.0813. The van der Waals surface area contributed by atoms with Crippen LogP contribution in [-0.2, 0) is 19.1 Å². The van der Waals surface area contributed by atoms with E-state index in [1.807, 2.05) is 0 Å². The van der Waals surface area contributed by atoms with E-state index in [1.165, 1.54) is 103 Å². The summed E-state index contributed by atoms with van der Waals surface area (Å²) >= 11 is 0. The smallest absolute Gasteiger partial charge is 0.305 e. The lowest BCUT2D eigenvalue weighted by molar-refractivity contribution is -0.152. The molecule has 0 aromatic rings. The Kier molecular flexibility index (Phi) is 27.1. The summed E-state index contributed by atoms with van der Waals surface area (Å²) in [6, 6.07) is 0. The van der Waals surface area contributed by atoms with E-state index >= 15 is 0 Å². The van der Waals surface area contributed by atoms with Gasteiger partial charge >= 0.3 is 11.9 Å². The van der Waals surface area contributed by atoms with Crippen molar-refractivity contribution in [1.29, 1.82) is 0 Å². The Labute approximate surface area is 229 Å². The lowest BCUT2D eigenvalue weighted by atomic mass is 10.0. The second kappa shape index (κ2) is 27.9. The van der Waals surface area contributed by atoms with E-state index in [1.54, 1.807) is 0 Å². The summed E-state index contributed by atoms with van der Waals surface area (Å²) in [5.41, 5.74) is 0.